The van der Waals surface area contributed by atoms with Crippen molar-refractivity contribution in [2.75, 3.05) is 13.2 Å². The molecule has 6 unspecified atom stereocenters. The van der Waals surface area contributed by atoms with Crippen molar-refractivity contribution in [3.05, 3.63) is 0 Å². The van der Waals surface area contributed by atoms with E-state index in [0.717, 1.165) is 0 Å². The summed E-state index contributed by atoms with van der Waals surface area (Å²) in [5.41, 5.74) is 0. The predicted octanol–water partition coefficient (Wildman–Crippen LogP) is -4.29. The van der Waals surface area contributed by atoms with Gasteiger partial charge < -0.3 is 40.5 Å². The maximum atomic E-state index is 11.1. The van der Waals surface area contributed by atoms with Crippen LogP contribution in [-0.4, -0.2) is 91.6 Å². The molecule has 114 valence electrons. The van der Waals surface area contributed by atoms with E-state index in [2.05, 4.69) is 4.74 Å². The minimum absolute atomic E-state index is 0.0624. The van der Waals surface area contributed by atoms with Gasteiger partial charge >= 0.3 is 5.97 Å². The van der Waals surface area contributed by atoms with E-state index < -0.39 is 49.2 Å². The van der Waals surface area contributed by atoms with E-state index in [1.165, 1.54) is 6.92 Å². The number of ether oxygens (including phenoxy) is 1. The quantitative estimate of drug-likeness (QED) is 0.218. The molecule has 7 N–H and O–H groups in total. The zero-order valence-electron chi connectivity index (χ0n) is 10.3. The molecule has 0 bridgehead atoms. The summed E-state index contributed by atoms with van der Waals surface area (Å²) in [6.45, 7) is 0.512. The third-order valence-corrected chi connectivity index (χ3v) is 2.48. The molecule has 0 heterocycles. The summed E-state index contributed by atoms with van der Waals surface area (Å²) in [6.07, 6.45) is -12.2. The molecule has 0 spiro atoms. The van der Waals surface area contributed by atoms with Crippen LogP contribution in [0.5, 0.6) is 0 Å². The summed E-state index contributed by atoms with van der Waals surface area (Å²) in [5.74, 6) is -1.21. The van der Waals surface area contributed by atoms with E-state index in [1.54, 1.807) is 0 Å². The Morgan fingerprint density at radius 2 is 1.42 bits per heavy atom. The lowest BCUT2D eigenvalue weighted by Crippen LogP contribution is -2.54. The van der Waals surface area contributed by atoms with Crippen LogP contribution in [0.1, 0.15) is 6.92 Å². The van der Waals surface area contributed by atoms with Gasteiger partial charge in [0.2, 0.25) is 0 Å². The molecule has 0 aliphatic heterocycles. The molecule has 0 saturated carbocycles. The standard InChI is InChI=1S/C10H20O9/c1-2-19-10(18)9(17)8(16)7(15)6(14)5(13)4(12)3-11/h4-9,11-17H,2-3H2,1H3. The Bertz CT molecular complexity index is 272. The average molecular weight is 284 g/mol. The van der Waals surface area contributed by atoms with Gasteiger partial charge in [-0.05, 0) is 6.92 Å². The highest BCUT2D eigenvalue weighted by Crippen LogP contribution is 2.11. The van der Waals surface area contributed by atoms with Gasteiger partial charge in [-0.1, -0.05) is 0 Å². The van der Waals surface area contributed by atoms with Gasteiger partial charge in [0.15, 0.2) is 6.10 Å². The molecule has 0 saturated heterocycles. The number of rotatable bonds is 8. The van der Waals surface area contributed by atoms with Crippen LogP contribution in [0.2, 0.25) is 0 Å². The van der Waals surface area contributed by atoms with Crippen molar-refractivity contribution < 1.29 is 45.3 Å². The van der Waals surface area contributed by atoms with Gasteiger partial charge in [0.05, 0.1) is 13.2 Å². The second-order valence-electron chi connectivity index (χ2n) is 3.91. The number of carbonyl (C=O) groups is 1. The first-order valence-corrected chi connectivity index (χ1v) is 5.63. The Morgan fingerprint density at radius 1 is 0.947 bits per heavy atom. The van der Waals surface area contributed by atoms with E-state index in [4.69, 9.17) is 10.2 Å². The monoisotopic (exact) mass is 284 g/mol. The molecule has 9 heteroatoms. The minimum atomic E-state index is -2.13. The van der Waals surface area contributed by atoms with Crippen molar-refractivity contribution >= 4 is 5.97 Å². The van der Waals surface area contributed by atoms with Crippen molar-refractivity contribution in [3.63, 3.8) is 0 Å². The van der Waals surface area contributed by atoms with Crippen LogP contribution >= 0.6 is 0 Å². The first kappa shape index (κ1) is 18.2. The van der Waals surface area contributed by atoms with Gasteiger partial charge in [0.25, 0.3) is 0 Å². The second kappa shape index (κ2) is 8.38. The molecule has 19 heavy (non-hydrogen) atoms. The summed E-state index contributed by atoms with van der Waals surface area (Å²) >= 11 is 0. The van der Waals surface area contributed by atoms with Crippen molar-refractivity contribution in [1.29, 1.82) is 0 Å². The molecule has 0 radical (unpaired) electrons. The van der Waals surface area contributed by atoms with E-state index >= 15 is 0 Å². The number of carbonyl (C=O) groups excluding carboxylic acids is 1. The van der Waals surface area contributed by atoms with Crippen molar-refractivity contribution in [3.8, 4) is 0 Å². The Morgan fingerprint density at radius 3 is 1.84 bits per heavy atom. The summed E-state index contributed by atoms with van der Waals surface area (Å²) in [6, 6.07) is 0. The molecular weight excluding hydrogens is 264 g/mol. The van der Waals surface area contributed by atoms with E-state index in [1.807, 2.05) is 0 Å². The topological polar surface area (TPSA) is 168 Å². The SMILES string of the molecule is CCOC(=O)C(O)C(O)C(O)C(O)C(O)C(O)CO. The Balaban J connectivity index is 4.62. The highest BCUT2D eigenvalue weighted by Gasteiger charge is 2.39. The first-order chi connectivity index (χ1) is 8.77. The highest BCUT2D eigenvalue weighted by molar-refractivity contribution is 5.75. The van der Waals surface area contributed by atoms with Crippen molar-refractivity contribution in [2.24, 2.45) is 0 Å². The molecule has 0 aromatic carbocycles. The zero-order chi connectivity index (χ0) is 15.2. The number of hydrogen-bond acceptors (Lipinski definition) is 9. The largest absolute Gasteiger partial charge is 0.464 e. The predicted molar refractivity (Wildman–Crippen MR) is 59.8 cm³/mol. The van der Waals surface area contributed by atoms with Gasteiger partial charge in [0, 0.05) is 0 Å². The lowest BCUT2D eigenvalue weighted by Gasteiger charge is -2.29. The summed E-state index contributed by atoms with van der Waals surface area (Å²) < 4.78 is 4.39. The van der Waals surface area contributed by atoms with Crippen LogP contribution in [0.15, 0.2) is 0 Å². The van der Waals surface area contributed by atoms with E-state index in [0.29, 0.717) is 0 Å². The van der Waals surface area contributed by atoms with Gasteiger partial charge in [-0.15, -0.1) is 0 Å². The fourth-order valence-electron chi connectivity index (χ4n) is 1.29. The molecule has 0 aliphatic rings. The smallest absolute Gasteiger partial charge is 0.337 e. The lowest BCUT2D eigenvalue weighted by molar-refractivity contribution is -0.178. The van der Waals surface area contributed by atoms with E-state index in [-0.39, 0.29) is 6.61 Å². The molecule has 6 atom stereocenters. The number of aliphatic hydroxyl groups excluding tert-OH is 7. The summed E-state index contributed by atoms with van der Waals surface area (Å²) in [5, 5.41) is 64.6. The third-order valence-electron chi connectivity index (χ3n) is 2.48. The maximum Gasteiger partial charge on any atom is 0.337 e. The van der Waals surface area contributed by atoms with Gasteiger partial charge in [-0.2, -0.15) is 0 Å². The van der Waals surface area contributed by atoms with Crippen molar-refractivity contribution in [2.45, 2.75) is 43.5 Å². The minimum Gasteiger partial charge on any atom is -0.464 e. The van der Waals surface area contributed by atoms with E-state index in [9.17, 15) is 30.3 Å². The molecule has 9 nitrogen and oxygen atoms in total. The Labute approximate surface area is 109 Å². The molecule has 0 fully saturated rings. The molecule has 0 aliphatic carbocycles. The molecular formula is C10H20O9. The number of esters is 1. The summed E-state index contributed by atoms with van der Waals surface area (Å²) in [7, 11) is 0. The van der Waals surface area contributed by atoms with Crippen LogP contribution < -0.4 is 0 Å². The lowest BCUT2D eigenvalue weighted by atomic mass is 9.96. The number of hydrogen-bond donors (Lipinski definition) is 7. The molecule has 0 amide bonds. The maximum absolute atomic E-state index is 11.1. The number of aliphatic hydroxyl groups is 7. The Kier molecular flexibility index (Phi) is 8.02. The average Bonchev–Trinajstić information content (AvgIpc) is 2.42. The van der Waals surface area contributed by atoms with Crippen LogP contribution in [-0.2, 0) is 9.53 Å². The third kappa shape index (κ3) is 4.99. The molecule has 0 aromatic heterocycles. The van der Waals surface area contributed by atoms with Gasteiger partial charge in [0.1, 0.15) is 30.5 Å². The van der Waals surface area contributed by atoms with Crippen LogP contribution in [0.25, 0.3) is 0 Å². The highest BCUT2D eigenvalue weighted by atomic mass is 16.5. The van der Waals surface area contributed by atoms with Crippen LogP contribution in [0.3, 0.4) is 0 Å². The first-order valence-electron chi connectivity index (χ1n) is 5.63. The van der Waals surface area contributed by atoms with Gasteiger partial charge in [-0.3, -0.25) is 0 Å². The second-order valence-corrected chi connectivity index (χ2v) is 3.91. The zero-order valence-corrected chi connectivity index (χ0v) is 10.3. The summed E-state index contributed by atoms with van der Waals surface area (Å²) in [4.78, 5) is 11.1. The van der Waals surface area contributed by atoms with Crippen LogP contribution in [0.4, 0.5) is 0 Å². The van der Waals surface area contributed by atoms with Gasteiger partial charge in [-0.25, -0.2) is 4.79 Å². The normalized spacial score (nSPS) is 21.1. The molecule has 0 rings (SSSR count). The fourth-order valence-corrected chi connectivity index (χ4v) is 1.29. The Hall–Kier alpha value is -0.810. The van der Waals surface area contributed by atoms with Crippen molar-refractivity contribution in [1.82, 2.24) is 0 Å². The molecule has 0 aromatic rings. The van der Waals surface area contributed by atoms with Crippen LogP contribution in [0, 0.1) is 0 Å². The fraction of sp³-hybridized carbons (Fsp3) is 0.900.